The van der Waals surface area contributed by atoms with Gasteiger partial charge in [-0.25, -0.2) is 24.0 Å². The van der Waals surface area contributed by atoms with E-state index in [9.17, 15) is 13.2 Å². The Kier molecular flexibility index (Phi) is 13.0. The fraction of sp³-hybridized carbons (Fsp3) is 0.545. The number of carbonyl (C=O) groups is 1. The van der Waals surface area contributed by atoms with E-state index < -0.39 is 10.0 Å². The third-order valence-corrected chi connectivity index (χ3v) is 6.81. The molecule has 1 aromatic heterocycles. The van der Waals surface area contributed by atoms with Gasteiger partial charge in [0.25, 0.3) is 0 Å². The zero-order valence-electron chi connectivity index (χ0n) is 19.8. The minimum Gasteiger partial charge on any atom is -0.495 e. The molecule has 2 rings (SSSR count). The van der Waals surface area contributed by atoms with Crippen molar-refractivity contribution in [2.75, 3.05) is 19.0 Å². The molecule has 5 N–H and O–H groups in total. The van der Waals surface area contributed by atoms with E-state index in [-0.39, 0.29) is 16.6 Å². The van der Waals surface area contributed by atoms with Crippen LogP contribution in [0.2, 0.25) is 0 Å². The van der Waals surface area contributed by atoms with Crippen molar-refractivity contribution in [2.24, 2.45) is 5.14 Å². The molecule has 0 saturated heterocycles. The predicted octanol–water partition coefficient (Wildman–Crippen LogP) is 4.45. The second kappa shape index (κ2) is 14.8. The van der Waals surface area contributed by atoms with E-state index in [0.717, 1.165) is 53.5 Å². The standard InChI is InChI=1S/C16H23N3O3S2.C6H13NO2/c1-4-5-6-9-18-16-19-11(2)15(23-16)12-7-8-13(22-3)14(10-12)24(17,20)21;1-2-3-4-5-6(8)7-9/h7-8,10H,4-6,9H2,1-3H3,(H,18,19)(H2,17,20,21);9H,2-5H2,1H3,(H,7,8). The molecule has 1 heterocycles. The molecule has 0 aliphatic carbocycles. The Morgan fingerprint density at radius 2 is 1.85 bits per heavy atom. The number of aromatic nitrogens is 1. The Labute approximate surface area is 200 Å². The van der Waals surface area contributed by atoms with Gasteiger partial charge >= 0.3 is 0 Å². The van der Waals surface area contributed by atoms with Crippen molar-refractivity contribution in [1.82, 2.24) is 10.5 Å². The lowest BCUT2D eigenvalue weighted by Gasteiger charge is -2.08. The molecule has 0 saturated carbocycles. The van der Waals surface area contributed by atoms with Crippen LogP contribution in [0.4, 0.5) is 5.13 Å². The number of anilines is 1. The van der Waals surface area contributed by atoms with E-state index >= 15 is 0 Å². The lowest BCUT2D eigenvalue weighted by atomic mass is 10.1. The molecule has 0 fully saturated rings. The maximum absolute atomic E-state index is 11.8. The highest BCUT2D eigenvalue weighted by atomic mass is 32.2. The van der Waals surface area contributed by atoms with E-state index in [1.54, 1.807) is 11.5 Å². The van der Waals surface area contributed by atoms with Gasteiger partial charge < -0.3 is 10.1 Å². The average Bonchev–Trinajstić information content (AvgIpc) is 3.16. The SMILES string of the molecule is CCCCCC(=O)NO.CCCCCNc1nc(C)c(-c2ccc(OC)c(S(N)(=O)=O)c2)s1. The Balaban J connectivity index is 0.000000513. The van der Waals surface area contributed by atoms with Gasteiger partial charge in [-0.15, -0.1) is 0 Å². The molecule has 0 unspecified atom stereocenters. The number of methoxy groups -OCH3 is 1. The maximum atomic E-state index is 11.8. The first kappa shape index (κ1) is 28.8. The van der Waals surface area contributed by atoms with Crippen LogP contribution in [-0.4, -0.2) is 38.2 Å². The number of hydrogen-bond acceptors (Lipinski definition) is 8. The summed E-state index contributed by atoms with van der Waals surface area (Å²) >= 11 is 1.50. The first-order chi connectivity index (χ1) is 15.7. The third-order valence-electron chi connectivity index (χ3n) is 4.72. The van der Waals surface area contributed by atoms with Crippen molar-refractivity contribution in [3.05, 3.63) is 23.9 Å². The van der Waals surface area contributed by atoms with E-state index in [1.165, 1.54) is 37.4 Å². The zero-order chi connectivity index (χ0) is 24.9. The van der Waals surface area contributed by atoms with Gasteiger partial charge in [0.2, 0.25) is 15.9 Å². The topological polar surface area (TPSA) is 144 Å². The van der Waals surface area contributed by atoms with Crippen LogP contribution in [-0.2, 0) is 14.8 Å². The molecule has 186 valence electrons. The summed E-state index contributed by atoms with van der Waals surface area (Å²) in [5.74, 6) is -0.0511. The summed E-state index contributed by atoms with van der Waals surface area (Å²) in [6, 6.07) is 4.97. The van der Waals surface area contributed by atoms with Crippen molar-refractivity contribution in [3.8, 4) is 16.2 Å². The molecule has 0 aliphatic heterocycles. The number of rotatable bonds is 12. The Hall–Kier alpha value is -2.21. The lowest BCUT2D eigenvalue weighted by Crippen LogP contribution is -2.17. The Morgan fingerprint density at radius 1 is 1.18 bits per heavy atom. The molecule has 9 nitrogen and oxygen atoms in total. The van der Waals surface area contributed by atoms with E-state index in [2.05, 4.69) is 24.1 Å². The quantitative estimate of drug-likeness (QED) is 0.191. The van der Waals surface area contributed by atoms with Gasteiger partial charge in [0, 0.05) is 13.0 Å². The molecule has 1 amide bonds. The minimum atomic E-state index is -3.86. The number of hydroxylamine groups is 1. The summed E-state index contributed by atoms with van der Waals surface area (Å²) in [7, 11) is -2.44. The number of aryl methyl sites for hydroxylation is 1. The van der Waals surface area contributed by atoms with E-state index in [0.29, 0.717) is 6.42 Å². The van der Waals surface area contributed by atoms with Crippen molar-refractivity contribution < 1.29 is 23.2 Å². The second-order valence-electron chi connectivity index (χ2n) is 7.47. The summed E-state index contributed by atoms with van der Waals surface area (Å²) in [5, 5.41) is 17.5. The fourth-order valence-electron chi connectivity index (χ4n) is 2.94. The smallest absolute Gasteiger partial charge is 0.243 e. The average molecular weight is 501 g/mol. The number of thiazole rings is 1. The number of nitrogens with two attached hydrogens (primary N) is 1. The number of primary sulfonamides is 1. The molecule has 0 atom stereocenters. The van der Waals surface area contributed by atoms with Crippen LogP contribution in [0.5, 0.6) is 5.75 Å². The highest BCUT2D eigenvalue weighted by molar-refractivity contribution is 7.89. The molecule has 2 aromatic rings. The predicted molar refractivity (Wildman–Crippen MR) is 132 cm³/mol. The maximum Gasteiger partial charge on any atom is 0.243 e. The number of benzene rings is 1. The number of amides is 1. The largest absolute Gasteiger partial charge is 0.495 e. The van der Waals surface area contributed by atoms with Crippen LogP contribution in [0.1, 0.15) is 64.5 Å². The van der Waals surface area contributed by atoms with Gasteiger partial charge in [-0.05, 0) is 43.5 Å². The molecule has 33 heavy (non-hydrogen) atoms. The van der Waals surface area contributed by atoms with Gasteiger partial charge in [0.05, 0.1) is 17.7 Å². The van der Waals surface area contributed by atoms with Gasteiger partial charge in [0.15, 0.2) is 5.13 Å². The highest BCUT2D eigenvalue weighted by Gasteiger charge is 2.18. The summed E-state index contributed by atoms with van der Waals surface area (Å²) in [6.07, 6.45) is 6.90. The van der Waals surface area contributed by atoms with Gasteiger partial charge in [-0.1, -0.05) is 50.9 Å². The van der Waals surface area contributed by atoms with Gasteiger partial charge in [-0.2, -0.15) is 0 Å². The molecule has 0 aliphatic rings. The van der Waals surface area contributed by atoms with E-state index in [4.69, 9.17) is 15.1 Å². The summed E-state index contributed by atoms with van der Waals surface area (Å²) in [4.78, 5) is 15.7. The van der Waals surface area contributed by atoms with Crippen LogP contribution in [0, 0.1) is 6.92 Å². The van der Waals surface area contributed by atoms with Crippen molar-refractivity contribution in [1.29, 1.82) is 0 Å². The summed E-state index contributed by atoms with van der Waals surface area (Å²) in [5.41, 5.74) is 3.20. The fourth-order valence-corrected chi connectivity index (χ4v) is 4.65. The molecule has 0 spiro atoms. The van der Waals surface area contributed by atoms with Crippen molar-refractivity contribution in [2.45, 2.75) is 70.6 Å². The Morgan fingerprint density at radius 3 is 2.42 bits per heavy atom. The number of ether oxygens (including phenoxy) is 1. The number of carbonyl (C=O) groups excluding carboxylic acids is 1. The molecule has 0 radical (unpaired) electrons. The number of hydrogen-bond donors (Lipinski definition) is 4. The molecule has 0 bridgehead atoms. The molecular weight excluding hydrogens is 464 g/mol. The highest BCUT2D eigenvalue weighted by Crippen LogP contribution is 2.36. The van der Waals surface area contributed by atoms with Gasteiger partial charge in [-0.3, -0.25) is 10.0 Å². The van der Waals surface area contributed by atoms with E-state index in [1.807, 2.05) is 13.0 Å². The normalized spacial score (nSPS) is 10.8. The van der Waals surface area contributed by atoms with Crippen molar-refractivity contribution >= 4 is 32.4 Å². The van der Waals surface area contributed by atoms with Crippen LogP contribution in [0.3, 0.4) is 0 Å². The molecule has 1 aromatic carbocycles. The third kappa shape index (κ3) is 10.1. The van der Waals surface area contributed by atoms with Gasteiger partial charge in [0.1, 0.15) is 10.6 Å². The Bertz CT molecular complexity index is 977. The lowest BCUT2D eigenvalue weighted by molar-refractivity contribution is -0.129. The zero-order valence-corrected chi connectivity index (χ0v) is 21.4. The van der Waals surface area contributed by atoms with Crippen LogP contribution in [0.15, 0.2) is 23.1 Å². The van der Waals surface area contributed by atoms with Crippen molar-refractivity contribution in [3.63, 3.8) is 0 Å². The minimum absolute atomic E-state index is 0.0206. The van der Waals surface area contributed by atoms with Crippen LogP contribution in [0.25, 0.3) is 10.4 Å². The first-order valence-electron chi connectivity index (χ1n) is 11.0. The second-order valence-corrected chi connectivity index (χ2v) is 10.00. The molecule has 11 heteroatoms. The molecular formula is C22H36N4O5S2. The van der Waals surface area contributed by atoms with Crippen LogP contribution < -0.4 is 20.7 Å². The number of nitrogens with zero attached hydrogens (tertiary/aromatic N) is 1. The summed E-state index contributed by atoms with van der Waals surface area (Å²) < 4.78 is 28.6. The number of sulfonamides is 1. The summed E-state index contributed by atoms with van der Waals surface area (Å²) in [6.45, 7) is 7.02. The van der Waals surface area contributed by atoms with Crippen LogP contribution >= 0.6 is 11.3 Å². The number of nitrogens with one attached hydrogen (secondary N) is 2. The number of unbranched alkanes of at least 4 members (excludes halogenated alkanes) is 4. The first-order valence-corrected chi connectivity index (χ1v) is 13.4. The monoisotopic (exact) mass is 500 g/mol.